The lowest BCUT2D eigenvalue weighted by Crippen LogP contribution is -2.42. The quantitative estimate of drug-likeness (QED) is 0.331. The van der Waals surface area contributed by atoms with E-state index in [0.29, 0.717) is 15.7 Å². The van der Waals surface area contributed by atoms with Gasteiger partial charge in [0.1, 0.15) is 9.88 Å². The van der Waals surface area contributed by atoms with Crippen LogP contribution in [0.4, 0.5) is 0 Å². The van der Waals surface area contributed by atoms with E-state index in [4.69, 9.17) is 0 Å². The molecule has 4 aromatic rings. The molecule has 2 N–H and O–H groups in total. The molecule has 2 aromatic heterocycles. The van der Waals surface area contributed by atoms with Crippen molar-refractivity contribution in [3.05, 3.63) is 83.1 Å². The van der Waals surface area contributed by atoms with Gasteiger partial charge in [-0.2, -0.15) is 0 Å². The highest BCUT2D eigenvalue weighted by Gasteiger charge is 2.17. The van der Waals surface area contributed by atoms with Crippen molar-refractivity contribution in [2.24, 2.45) is 0 Å². The fraction of sp³-hybridized carbons (Fsp3) is 0.130. The molecule has 2 amide bonds. The Labute approximate surface area is 193 Å². The number of carbonyl (C=O) groups excluding carboxylic acids is 2. The van der Waals surface area contributed by atoms with Crippen LogP contribution in [0.3, 0.4) is 0 Å². The summed E-state index contributed by atoms with van der Waals surface area (Å²) in [6.07, 6.45) is 3.56. The zero-order valence-corrected chi connectivity index (χ0v) is 19.2. The van der Waals surface area contributed by atoms with Crippen LogP contribution in [-0.4, -0.2) is 32.1 Å². The van der Waals surface area contributed by atoms with Crippen molar-refractivity contribution in [3.8, 4) is 16.3 Å². The van der Waals surface area contributed by atoms with E-state index >= 15 is 0 Å². The average Bonchev–Trinajstić information content (AvgIpc) is 3.43. The third-order valence-electron chi connectivity index (χ3n) is 4.65. The Bertz CT molecular complexity index is 1250. The van der Waals surface area contributed by atoms with Gasteiger partial charge in [-0.05, 0) is 25.5 Å². The number of rotatable bonds is 6. The average molecular weight is 464 g/mol. The number of aryl methyl sites for hydroxylation is 2. The van der Waals surface area contributed by atoms with Gasteiger partial charge in [0.15, 0.2) is 5.16 Å². The molecule has 162 valence electrons. The second kappa shape index (κ2) is 9.80. The molecule has 2 aromatic carbocycles. The van der Waals surface area contributed by atoms with Crippen LogP contribution in [0.25, 0.3) is 16.3 Å². The maximum atomic E-state index is 12.5. The van der Waals surface area contributed by atoms with Crippen molar-refractivity contribution < 1.29 is 9.59 Å². The number of nitrogens with zero attached hydrogens (tertiary/aromatic N) is 3. The molecule has 0 fully saturated rings. The van der Waals surface area contributed by atoms with E-state index in [0.717, 1.165) is 21.8 Å². The van der Waals surface area contributed by atoms with E-state index in [-0.39, 0.29) is 17.6 Å². The van der Waals surface area contributed by atoms with E-state index in [2.05, 4.69) is 20.8 Å². The number of imidazole rings is 1. The molecule has 32 heavy (non-hydrogen) atoms. The first-order chi connectivity index (χ1) is 15.5. The number of carbonyl (C=O) groups is 2. The third-order valence-corrected chi connectivity index (χ3v) is 6.83. The standard InChI is InChI=1S/C23H21N5O2S2/c1-15-8-6-7-11-18(15)28-13-12-24-23(28)31-14-19(29)26-27-21(30)20-16(2)25-22(32-20)17-9-4-3-5-10-17/h3-13H,14H2,1-2H3,(H,26,29)(H,27,30). The lowest BCUT2D eigenvalue weighted by Gasteiger charge is -2.10. The summed E-state index contributed by atoms with van der Waals surface area (Å²) in [6.45, 7) is 3.80. The highest BCUT2D eigenvalue weighted by Crippen LogP contribution is 2.27. The molecule has 0 radical (unpaired) electrons. The summed E-state index contributed by atoms with van der Waals surface area (Å²) >= 11 is 2.59. The van der Waals surface area contributed by atoms with Crippen LogP contribution in [0.15, 0.2) is 72.1 Å². The minimum absolute atomic E-state index is 0.111. The molecule has 0 atom stereocenters. The number of hydrogen-bond donors (Lipinski definition) is 2. The van der Waals surface area contributed by atoms with Gasteiger partial charge >= 0.3 is 0 Å². The van der Waals surface area contributed by atoms with Gasteiger partial charge in [-0.1, -0.05) is 60.3 Å². The van der Waals surface area contributed by atoms with Gasteiger partial charge in [0.2, 0.25) is 5.91 Å². The zero-order chi connectivity index (χ0) is 22.5. The molecule has 9 heteroatoms. The number of benzene rings is 2. The molecular weight excluding hydrogens is 442 g/mol. The van der Waals surface area contributed by atoms with Gasteiger partial charge in [0.25, 0.3) is 5.91 Å². The highest BCUT2D eigenvalue weighted by atomic mass is 32.2. The van der Waals surface area contributed by atoms with Crippen molar-refractivity contribution >= 4 is 34.9 Å². The van der Waals surface area contributed by atoms with Gasteiger partial charge in [-0.15, -0.1) is 11.3 Å². The number of hydrogen-bond acceptors (Lipinski definition) is 6. The van der Waals surface area contributed by atoms with Crippen LogP contribution in [0.5, 0.6) is 0 Å². The van der Waals surface area contributed by atoms with Gasteiger partial charge < -0.3 is 0 Å². The number of amides is 2. The molecule has 0 unspecified atom stereocenters. The van der Waals surface area contributed by atoms with E-state index in [9.17, 15) is 9.59 Å². The predicted octanol–water partition coefficient (Wildman–Crippen LogP) is 4.17. The maximum absolute atomic E-state index is 12.5. The van der Waals surface area contributed by atoms with Crippen LogP contribution in [0.2, 0.25) is 0 Å². The monoisotopic (exact) mass is 463 g/mol. The summed E-state index contributed by atoms with van der Waals surface area (Å²) < 4.78 is 1.94. The van der Waals surface area contributed by atoms with Crippen LogP contribution in [0, 0.1) is 13.8 Å². The highest BCUT2D eigenvalue weighted by molar-refractivity contribution is 7.99. The summed E-state index contributed by atoms with van der Waals surface area (Å²) in [5.41, 5.74) is 8.64. The Balaban J connectivity index is 1.34. The number of thioether (sulfide) groups is 1. The number of aromatic nitrogens is 3. The third kappa shape index (κ3) is 4.90. The van der Waals surface area contributed by atoms with Crippen molar-refractivity contribution in [2.75, 3.05) is 5.75 Å². The van der Waals surface area contributed by atoms with Crippen LogP contribution in [0.1, 0.15) is 20.9 Å². The minimum atomic E-state index is -0.387. The second-order valence-corrected chi connectivity index (χ2v) is 8.90. The smallest absolute Gasteiger partial charge is 0.281 e. The Hall–Kier alpha value is -3.43. The van der Waals surface area contributed by atoms with Gasteiger partial charge in [0, 0.05) is 18.0 Å². The molecule has 0 saturated carbocycles. The molecule has 0 aliphatic rings. The molecule has 0 bridgehead atoms. The summed E-state index contributed by atoms with van der Waals surface area (Å²) in [7, 11) is 0. The van der Waals surface area contributed by atoms with Crippen molar-refractivity contribution in [2.45, 2.75) is 19.0 Å². The fourth-order valence-electron chi connectivity index (χ4n) is 3.07. The first kappa shape index (κ1) is 21.8. The molecule has 7 nitrogen and oxygen atoms in total. The topological polar surface area (TPSA) is 88.9 Å². The molecule has 2 heterocycles. The second-order valence-electron chi connectivity index (χ2n) is 6.96. The lowest BCUT2D eigenvalue weighted by molar-refractivity contribution is -0.119. The SMILES string of the molecule is Cc1ccccc1-n1ccnc1SCC(=O)NNC(=O)c1sc(-c2ccccc2)nc1C. The van der Waals surface area contributed by atoms with Crippen LogP contribution in [-0.2, 0) is 4.79 Å². The number of thiazole rings is 1. The molecule has 4 rings (SSSR count). The Morgan fingerprint density at radius 2 is 1.78 bits per heavy atom. The Morgan fingerprint density at radius 3 is 2.56 bits per heavy atom. The van der Waals surface area contributed by atoms with Crippen LogP contribution >= 0.6 is 23.1 Å². The molecule has 0 aliphatic heterocycles. The summed E-state index contributed by atoms with van der Waals surface area (Å²) in [5.74, 6) is -0.602. The Morgan fingerprint density at radius 1 is 1.03 bits per heavy atom. The minimum Gasteiger partial charge on any atom is -0.295 e. The molecule has 0 saturated heterocycles. The van der Waals surface area contributed by atoms with Gasteiger partial charge in [-0.3, -0.25) is 25.0 Å². The summed E-state index contributed by atoms with van der Waals surface area (Å²) in [4.78, 5) is 34.1. The van der Waals surface area contributed by atoms with E-state index < -0.39 is 0 Å². The summed E-state index contributed by atoms with van der Waals surface area (Å²) in [5, 5.41) is 1.46. The fourth-order valence-corrected chi connectivity index (χ4v) is 4.81. The van der Waals surface area contributed by atoms with E-state index in [1.165, 1.54) is 23.1 Å². The first-order valence-electron chi connectivity index (χ1n) is 9.87. The lowest BCUT2D eigenvalue weighted by atomic mass is 10.2. The first-order valence-corrected chi connectivity index (χ1v) is 11.7. The number of hydrazine groups is 1. The largest absolute Gasteiger partial charge is 0.295 e. The van der Waals surface area contributed by atoms with Crippen molar-refractivity contribution in [1.82, 2.24) is 25.4 Å². The van der Waals surface area contributed by atoms with Crippen molar-refractivity contribution in [1.29, 1.82) is 0 Å². The van der Waals surface area contributed by atoms with E-state index in [1.807, 2.05) is 72.3 Å². The predicted molar refractivity (Wildman–Crippen MR) is 127 cm³/mol. The van der Waals surface area contributed by atoms with Crippen LogP contribution < -0.4 is 10.9 Å². The van der Waals surface area contributed by atoms with Crippen molar-refractivity contribution in [3.63, 3.8) is 0 Å². The number of nitrogens with one attached hydrogen (secondary N) is 2. The Kier molecular flexibility index (Phi) is 6.67. The maximum Gasteiger partial charge on any atom is 0.281 e. The molecular formula is C23H21N5O2S2. The summed E-state index contributed by atoms with van der Waals surface area (Å²) in [6, 6.07) is 17.6. The zero-order valence-electron chi connectivity index (χ0n) is 17.5. The van der Waals surface area contributed by atoms with Gasteiger partial charge in [-0.25, -0.2) is 9.97 Å². The number of para-hydroxylation sites is 1. The molecule has 0 aliphatic carbocycles. The van der Waals surface area contributed by atoms with E-state index in [1.54, 1.807) is 13.1 Å². The van der Waals surface area contributed by atoms with Gasteiger partial charge in [0.05, 0.1) is 17.1 Å². The molecule has 0 spiro atoms. The normalized spacial score (nSPS) is 10.7.